The molecule has 30 heavy (non-hydrogen) atoms. The molecule has 1 aromatic carbocycles. The fourth-order valence-electron chi connectivity index (χ4n) is 2.36. The quantitative estimate of drug-likeness (QED) is 0.358. The number of nitrogen functional groups attached to an aromatic ring is 1. The minimum atomic E-state index is -5.08. The molecule has 1 aliphatic heterocycles. The number of benzene rings is 1. The topological polar surface area (TPSA) is 167 Å². The summed E-state index contributed by atoms with van der Waals surface area (Å²) in [6.45, 7) is -1.04. The number of rotatable bonds is 5. The molecule has 2 atom stereocenters. The Labute approximate surface area is 167 Å². The van der Waals surface area contributed by atoms with Crippen molar-refractivity contribution in [3.63, 3.8) is 0 Å². The van der Waals surface area contributed by atoms with Crippen molar-refractivity contribution < 1.29 is 50.6 Å². The number of anilines is 1. The lowest BCUT2D eigenvalue weighted by molar-refractivity contribution is -0.192. The fraction of sp³-hybridized carbons (Fsp3) is 0.400. The molecule has 1 aromatic rings. The monoisotopic (exact) mass is 459 g/mol. The Bertz CT molecular complexity index is 908. The van der Waals surface area contributed by atoms with Gasteiger partial charge in [-0.15, -0.1) is 0 Å². The fourth-order valence-corrected chi connectivity index (χ4v) is 3.46. The van der Waals surface area contributed by atoms with E-state index in [2.05, 4.69) is 4.72 Å². The summed E-state index contributed by atoms with van der Waals surface area (Å²) in [5, 5.41) is 16.1. The Hall–Kier alpha value is -2.94. The summed E-state index contributed by atoms with van der Waals surface area (Å²) >= 11 is 0. The van der Waals surface area contributed by atoms with Crippen LogP contribution in [0.5, 0.6) is 0 Å². The summed E-state index contributed by atoms with van der Waals surface area (Å²) in [6, 6.07) is 4.41. The Kier molecular flexibility index (Phi) is 8.12. The standard InChI is InChI=1S/C13H16FN3O5S.C2HF3O2/c14-8-5-10(13(19)20)17(7-8)12(18)6-16-23(21,22)11-4-2-1-3-9(11)15;3-2(4,5)1(6)7/h1-4,8,10,16H,5-7,15H2,(H,19,20);(H,6,7)/t8-,10-;/m0./s1. The van der Waals surface area contributed by atoms with Gasteiger partial charge in [0, 0.05) is 6.42 Å². The molecule has 0 unspecified atom stereocenters. The van der Waals surface area contributed by atoms with E-state index in [4.69, 9.17) is 20.7 Å². The molecule has 0 aromatic heterocycles. The molecule has 168 valence electrons. The number of hydrogen-bond donors (Lipinski definition) is 4. The number of aliphatic carboxylic acids is 2. The van der Waals surface area contributed by atoms with Crippen LogP contribution in [0.4, 0.5) is 23.2 Å². The number of nitrogens with two attached hydrogens (primary N) is 1. The van der Waals surface area contributed by atoms with Crippen molar-refractivity contribution in [2.45, 2.75) is 29.7 Å². The second kappa shape index (κ2) is 9.71. The molecule has 15 heteroatoms. The van der Waals surface area contributed by atoms with Crippen LogP contribution in [-0.4, -0.2) is 72.9 Å². The normalized spacial score (nSPS) is 19.0. The minimum Gasteiger partial charge on any atom is -0.480 e. The van der Waals surface area contributed by atoms with Crippen molar-refractivity contribution in [3.8, 4) is 0 Å². The van der Waals surface area contributed by atoms with E-state index < -0.39 is 52.8 Å². The number of sulfonamides is 1. The number of nitrogens with one attached hydrogen (secondary N) is 1. The largest absolute Gasteiger partial charge is 0.490 e. The lowest BCUT2D eigenvalue weighted by atomic mass is 10.2. The van der Waals surface area contributed by atoms with E-state index in [0.717, 1.165) is 4.90 Å². The van der Waals surface area contributed by atoms with Crippen molar-refractivity contribution in [2.75, 3.05) is 18.8 Å². The van der Waals surface area contributed by atoms with Crippen LogP contribution in [0.25, 0.3) is 0 Å². The van der Waals surface area contributed by atoms with Crippen LogP contribution in [0.1, 0.15) is 6.42 Å². The van der Waals surface area contributed by atoms with Gasteiger partial charge in [-0.1, -0.05) is 12.1 Å². The molecule has 2 rings (SSSR count). The Morgan fingerprint density at radius 2 is 1.73 bits per heavy atom. The van der Waals surface area contributed by atoms with E-state index in [9.17, 15) is 35.6 Å². The van der Waals surface area contributed by atoms with Crippen LogP contribution in [0.15, 0.2) is 29.2 Å². The van der Waals surface area contributed by atoms with Crippen LogP contribution in [0.3, 0.4) is 0 Å². The lowest BCUT2D eigenvalue weighted by Crippen LogP contribution is -2.45. The van der Waals surface area contributed by atoms with E-state index in [1.807, 2.05) is 0 Å². The molecule has 10 nitrogen and oxygen atoms in total. The predicted octanol–water partition coefficient (Wildman–Crippen LogP) is 0.204. The van der Waals surface area contributed by atoms with E-state index in [-0.39, 0.29) is 23.5 Å². The average molecular weight is 459 g/mol. The number of para-hydroxylation sites is 1. The third-order valence-corrected chi connectivity index (χ3v) is 5.20. The number of halogens is 4. The van der Waals surface area contributed by atoms with Crippen molar-refractivity contribution in [3.05, 3.63) is 24.3 Å². The first-order valence-electron chi connectivity index (χ1n) is 7.97. The number of carbonyl (C=O) groups excluding carboxylic acids is 1. The molecule has 1 fully saturated rings. The average Bonchev–Trinajstić information content (AvgIpc) is 3.02. The number of likely N-dealkylation sites (tertiary alicyclic amines) is 1. The Morgan fingerprint density at radius 3 is 2.20 bits per heavy atom. The van der Waals surface area contributed by atoms with Gasteiger partial charge in [0.1, 0.15) is 17.1 Å². The number of amides is 1. The maximum Gasteiger partial charge on any atom is 0.490 e. The molecule has 5 N–H and O–H groups in total. The van der Waals surface area contributed by atoms with Gasteiger partial charge >= 0.3 is 18.1 Å². The molecular weight excluding hydrogens is 442 g/mol. The van der Waals surface area contributed by atoms with Crippen LogP contribution in [-0.2, 0) is 24.4 Å². The Balaban J connectivity index is 0.000000553. The van der Waals surface area contributed by atoms with Crippen molar-refractivity contribution in [1.82, 2.24) is 9.62 Å². The van der Waals surface area contributed by atoms with Gasteiger partial charge in [0.25, 0.3) is 0 Å². The minimum absolute atomic E-state index is 0.0147. The van der Waals surface area contributed by atoms with Crippen LogP contribution >= 0.6 is 0 Å². The third-order valence-electron chi connectivity index (χ3n) is 3.72. The third kappa shape index (κ3) is 6.84. The molecule has 1 amide bonds. The van der Waals surface area contributed by atoms with Gasteiger partial charge in [-0.3, -0.25) is 4.79 Å². The van der Waals surface area contributed by atoms with Crippen molar-refractivity contribution >= 4 is 33.6 Å². The van der Waals surface area contributed by atoms with Crippen molar-refractivity contribution in [1.29, 1.82) is 0 Å². The first-order chi connectivity index (χ1) is 13.7. The Morgan fingerprint density at radius 1 is 1.20 bits per heavy atom. The zero-order valence-corrected chi connectivity index (χ0v) is 15.8. The summed E-state index contributed by atoms with van der Waals surface area (Å²) in [7, 11) is -4.03. The maximum absolute atomic E-state index is 13.3. The van der Waals surface area contributed by atoms with Gasteiger partial charge in [-0.25, -0.2) is 27.1 Å². The van der Waals surface area contributed by atoms with Gasteiger partial charge in [-0.05, 0) is 12.1 Å². The van der Waals surface area contributed by atoms with Gasteiger partial charge in [-0.2, -0.15) is 13.2 Å². The summed E-state index contributed by atoms with van der Waals surface area (Å²) in [5.74, 6) is -4.89. The molecule has 0 aliphatic carbocycles. The summed E-state index contributed by atoms with van der Waals surface area (Å²) < 4.78 is 71.3. The summed E-state index contributed by atoms with van der Waals surface area (Å²) in [5.41, 5.74) is 5.59. The summed E-state index contributed by atoms with van der Waals surface area (Å²) in [4.78, 5) is 32.6. The van der Waals surface area contributed by atoms with Crippen molar-refractivity contribution in [2.24, 2.45) is 0 Å². The lowest BCUT2D eigenvalue weighted by Gasteiger charge is -2.21. The number of hydrogen-bond acceptors (Lipinski definition) is 6. The van der Waals surface area contributed by atoms with E-state index in [0.29, 0.717) is 0 Å². The number of alkyl halides is 4. The smallest absolute Gasteiger partial charge is 0.480 e. The van der Waals surface area contributed by atoms with Crippen LogP contribution < -0.4 is 10.5 Å². The van der Waals surface area contributed by atoms with E-state index >= 15 is 0 Å². The molecule has 0 bridgehead atoms. The number of carboxylic acid groups (broad SMARTS) is 2. The summed E-state index contributed by atoms with van der Waals surface area (Å²) in [6.07, 6.45) is -6.83. The highest BCUT2D eigenvalue weighted by molar-refractivity contribution is 7.89. The van der Waals surface area contributed by atoms with Gasteiger partial charge < -0.3 is 20.8 Å². The molecule has 0 spiro atoms. The van der Waals surface area contributed by atoms with Gasteiger partial charge in [0.15, 0.2) is 0 Å². The van der Waals surface area contributed by atoms with Crippen LogP contribution in [0, 0.1) is 0 Å². The molecule has 1 aliphatic rings. The molecule has 1 saturated heterocycles. The first kappa shape index (κ1) is 25.1. The highest BCUT2D eigenvalue weighted by Gasteiger charge is 2.40. The van der Waals surface area contributed by atoms with Gasteiger partial charge in [0.05, 0.1) is 18.8 Å². The highest BCUT2D eigenvalue weighted by Crippen LogP contribution is 2.21. The highest BCUT2D eigenvalue weighted by atomic mass is 32.2. The van der Waals surface area contributed by atoms with Gasteiger partial charge in [0.2, 0.25) is 15.9 Å². The molecule has 1 heterocycles. The zero-order valence-electron chi connectivity index (χ0n) is 15.0. The zero-order chi connectivity index (χ0) is 23.3. The second-order valence-corrected chi connectivity index (χ2v) is 7.63. The van der Waals surface area contributed by atoms with Crippen LogP contribution in [0.2, 0.25) is 0 Å². The van der Waals surface area contributed by atoms with E-state index in [1.54, 1.807) is 6.07 Å². The predicted molar refractivity (Wildman–Crippen MR) is 92.4 cm³/mol. The first-order valence-corrected chi connectivity index (χ1v) is 9.45. The SMILES string of the molecule is Nc1ccccc1S(=O)(=O)NCC(=O)N1C[C@@H](F)C[C@H]1C(=O)O.O=C(O)C(F)(F)F. The number of carbonyl (C=O) groups is 3. The second-order valence-electron chi connectivity index (χ2n) is 5.90. The number of carboxylic acids is 2. The number of nitrogens with zero attached hydrogens (tertiary/aromatic N) is 1. The molecular formula is C15H17F4N3O7S. The van der Waals surface area contributed by atoms with E-state index in [1.165, 1.54) is 18.2 Å². The molecule has 0 radical (unpaired) electrons. The maximum atomic E-state index is 13.3. The molecule has 0 saturated carbocycles.